The van der Waals surface area contributed by atoms with Gasteiger partial charge in [-0.15, -0.1) is 0 Å². The third-order valence-corrected chi connectivity index (χ3v) is 7.92. The second kappa shape index (κ2) is 9.87. The molecule has 33 heavy (non-hydrogen) atoms. The van der Waals surface area contributed by atoms with Crippen LogP contribution in [0.5, 0.6) is 0 Å². The predicted octanol–water partition coefficient (Wildman–Crippen LogP) is 4.21. The first-order valence-electron chi connectivity index (χ1n) is 11.1. The van der Waals surface area contributed by atoms with Crippen molar-refractivity contribution in [1.29, 1.82) is 0 Å². The van der Waals surface area contributed by atoms with E-state index in [0.29, 0.717) is 43.9 Å². The molecular weight excluding hydrogens is 436 g/mol. The third kappa shape index (κ3) is 4.71. The number of hydrogen-bond acceptors (Lipinski definition) is 4. The van der Waals surface area contributed by atoms with E-state index in [-0.39, 0.29) is 10.8 Å². The highest BCUT2D eigenvalue weighted by molar-refractivity contribution is 7.89. The molecule has 3 aromatic carbocycles. The Bertz CT molecular complexity index is 1240. The van der Waals surface area contributed by atoms with Crippen LogP contribution >= 0.6 is 0 Å². The van der Waals surface area contributed by atoms with Gasteiger partial charge in [0.15, 0.2) is 0 Å². The summed E-state index contributed by atoms with van der Waals surface area (Å²) in [5, 5.41) is 0. The molecule has 0 bridgehead atoms. The summed E-state index contributed by atoms with van der Waals surface area (Å²) < 4.78 is 33.5. The maximum atomic E-state index is 13.5. The standard InChI is InChI=1S/C26H28N2O4S/c1-3-20-13-14-22(19-25(20)33(30,31)28-15-17-32-18-16-28)26(29)27(2)24-12-8-7-11-23(24)21-9-5-4-6-10-21/h4-14,19H,3,15-18H2,1-2H3. The number of sulfonamides is 1. The van der Waals surface area contributed by atoms with E-state index in [1.54, 1.807) is 24.1 Å². The fraction of sp³-hybridized carbons (Fsp3) is 0.269. The summed E-state index contributed by atoms with van der Waals surface area (Å²) in [5.74, 6) is -0.264. The normalized spacial score (nSPS) is 14.7. The number of carbonyl (C=O) groups is 1. The highest BCUT2D eigenvalue weighted by Gasteiger charge is 2.29. The summed E-state index contributed by atoms with van der Waals surface area (Å²) in [7, 11) is -2.00. The molecule has 3 aromatic rings. The molecule has 0 N–H and O–H groups in total. The number of carbonyl (C=O) groups excluding carboxylic acids is 1. The van der Waals surface area contributed by atoms with Crippen LogP contribution in [0.2, 0.25) is 0 Å². The number of ether oxygens (including phenoxy) is 1. The Morgan fingerprint density at radius 2 is 1.64 bits per heavy atom. The summed E-state index contributed by atoms with van der Waals surface area (Å²) in [6.07, 6.45) is 0.556. The van der Waals surface area contributed by atoms with Crippen LogP contribution in [0.1, 0.15) is 22.8 Å². The number of morpholine rings is 1. The van der Waals surface area contributed by atoms with E-state index in [0.717, 1.165) is 16.8 Å². The van der Waals surface area contributed by atoms with Crippen molar-refractivity contribution in [3.63, 3.8) is 0 Å². The van der Waals surface area contributed by atoms with Gasteiger partial charge in [-0.2, -0.15) is 4.31 Å². The molecule has 1 aliphatic rings. The van der Waals surface area contributed by atoms with Crippen molar-refractivity contribution in [2.75, 3.05) is 38.3 Å². The lowest BCUT2D eigenvalue weighted by molar-refractivity contribution is 0.0730. The van der Waals surface area contributed by atoms with Gasteiger partial charge in [-0.25, -0.2) is 8.42 Å². The Morgan fingerprint density at radius 1 is 0.970 bits per heavy atom. The molecule has 0 saturated carbocycles. The number of nitrogens with zero attached hydrogens (tertiary/aromatic N) is 2. The summed E-state index contributed by atoms with van der Waals surface area (Å²) in [6.45, 7) is 3.29. The van der Waals surface area contributed by atoms with E-state index in [2.05, 4.69) is 0 Å². The highest BCUT2D eigenvalue weighted by atomic mass is 32.2. The Hall–Kier alpha value is -3.00. The minimum Gasteiger partial charge on any atom is -0.379 e. The molecule has 4 rings (SSSR count). The van der Waals surface area contributed by atoms with Crippen LogP contribution in [0.3, 0.4) is 0 Å². The fourth-order valence-electron chi connectivity index (χ4n) is 4.08. The number of hydrogen-bond donors (Lipinski definition) is 0. The molecule has 1 heterocycles. The second-order valence-corrected chi connectivity index (χ2v) is 9.85. The Kier molecular flexibility index (Phi) is 6.93. The highest BCUT2D eigenvalue weighted by Crippen LogP contribution is 2.31. The minimum atomic E-state index is -3.72. The van der Waals surface area contributed by atoms with Crippen LogP contribution in [0.15, 0.2) is 77.7 Å². The van der Waals surface area contributed by atoms with E-state index in [1.165, 1.54) is 10.4 Å². The van der Waals surface area contributed by atoms with Crippen molar-refractivity contribution >= 4 is 21.6 Å². The molecule has 0 radical (unpaired) electrons. The molecule has 1 saturated heterocycles. The van der Waals surface area contributed by atoms with Crippen LogP contribution in [-0.4, -0.2) is 52.0 Å². The van der Waals surface area contributed by atoms with Gasteiger partial charge in [0.05, 0.1) is 23.8 Å². The molecule has 1 amide bonds. The smallest absolute Gasteiger partial charge is 0.258 e. The Balaban J connectivity index is 1.71. The van der Waals surface area contributed by atoms with Crippen molar-refractivity contribution in [1.82, 2.24) is 4.31 Å². The lowest BCUT2D eigenvalue weighted by atomic mass is 10.0. The minimum absolute atomic E-state index is 0.197. The maximum Gasteiger partial charge on any atom is 0.258 e. The Labute approximate surface area is 195 Å². The average molecular weight is 465 g/mol. The summed E-state index contributed by atoms with van der Waals surface area (Å²) in [6, 6.07) is 22.5. The maximum absolute atomic E-state index is 13.5. The molecule has 0 aliphatic carbocycles. The zero-order valence-corrected chi connectivity index (χ0v) is 19.7. The van der Waals surface area contributed by atoms with E-state index < -0.39 is 10.0 Å². The topological polar surface area (TPSA) is 66.9 Å². The van der Waals surface area contributed by atoms with E-state index in [1.807, 2.05) is 61.5 Å². The van der Waals surface area contributed by atoms with Gasteiger partial charge in [0.2, 0.25) is 10.0 Å². The number of aryl methyl sites for hydroxylation is 1. The van der Waals surface area contributed by atoms with Gasteiger partial charge in [-0.05, 0) is 35.7 Å². The molecule has 1 aliphatic heterocycles. The molecule has 0 atom stereocenters. The van der Waals surface area contributed by atoms with Gasteiger partial charge in [0.1, 0.15) is 0 Å². The van der Waals surface area contributed by atoms with Gasteiger partial charge >= 0.3 is 0 Å². The van der Waals surface area contributed by atoms with E-state index in [9.17, 15) is 13.2 Å². The second-order valence-electron chi connectivity index (χ2n) is 7.94. The molecule has 172 valence electrons. The van der Waals surface area contributed by atoms with Crippen molar-refractivity contribution < 1.29 is 17.9 Å². The molecule has 0 unspecified atom stereocenters. The Morgan fingerprint density at radius 3 is 2.33 bits per heavy atom. The van der Waals surface area contributed by atoms with Crippen LogP contribution in [0.4, 0.5) is 5.69 Å². The zero-order chi connectivity index (χ0) is 23.4. The first kappa shape index (κ1) is 23.2. The van der Waals surface area contributed by atoms with E-state index >= 15 is 0 Å². The van der Waals surface area contributed by atoms with Crippen LogP contribution in [0, 0.1) is 0 Å². The van der Waals surface area contributed by atoms with Crippen molar-refractivity contribution in [3.8, 4) is 11.1 Å². The van der Waals surface area contributed by atoms with Crippen molar-refractivity contribution in [2.45, 2.75) is 18.2 Å². The van der Waals surface area contributed by atoms with Crippen molar-refractivity contribution in [3.05, 3.63) is 83.9 Å². The van der Waals surface area contributed by atoms with E-state index in [4.69, 9.17) is 4.74 Å². The summed E-state index contributed by atoms with van der Waals surface area (Å²) >= 11 is 0. The number of anilines is 1. The quantitative estimate of drug-likeness (QED) is 0.548. The molecule has 0 spiro atoms. The predicted molar refractivity (Wildman–Crippen MR) is 130 cm³/mol. The summed E-state index contributed by atoms with van der Waals surface area (Å²) in [4.78, 5) is 15.3. The van der Waals surface area contributed by atoms with Crippen LogP contribution in [0.25, 0.3) is 11.1 Å². The first-order valence-corrected chi connectivity index (χ1v) is 12.5. The number of amides is 1. The summed E-state index contributed by atoms with van der Waals surface area (Å²) in [5.41, 5.74) is 3.73. The molecular formula is C26H28N2O4S. The van der Waals surface area contributed by atoms with Crippen LogP contribution in [-0.2, 0) is 21.2 Å². The number of rotatable bonds is 6. The van der Waals surface area contributed by atoms with Gasteiger partial charge < -0.3 is 9.64 Å². The number of benzene rings is 3. The largest absolute Gasteiger partial charge is 0.379 e. The molecule has 6 nitrogen and oxygen atoms in total. The lowest BCUT2D eigenvalue weighted by Gasteiger charge is -2.27. The van der Waals surface area contributed by atoms with Gasteiger partial charge in [0.25, 0.3) is 5.91 Å². The number of para-hydroxylation sites is 1. The van der Waals surface area contributed by atoms with Gasteiger partial charge in [-0.3, -0.25) is 4.79 Å². The molecule has 7 heteroatoms. The SMILES string of the molecule is CCc1ccc(C(=O)N(C)c2ccccc2-c2ccccc2)cc1S(=O)(=O)N1CCOCC1. The van der Waals surface area contributed by atoms with Crippen molar-refractivity contribution in [2.24, 2.45) is 0 Å². The van der Waals surface area contributed by atoms with Gasteiger partial charge in [-0.1, -0.05) is 61.5 Å². The monoisotopic (exact) mass is 464 g/mol. The lowest BCUT2D eigenvalue weighted by Crippen LogP contribution is -2.41. The van der Waals surface area contributed by atoms with Crippen LogP contribution < -0.4 is 4.90 Å². The molecule has 1 fully saturated rings. The average Bonchev–Trinajstić information content (AvgIpc) is 2.88. The fourth-order valence-corrected chi connectivity index (χ4v) is 5.80. The van der Waals surface area contributed by atoms with Gasteiger partial charge in [0, 0.05) is 31.3 Å². The molecule has 0 aromatic heterocycles. The zero-order valence-electron chi connectivity index (χ0n) is 18.9. The third-order valence-electron chi connectivity index (χ3n) is 5.94. The first-order chi connectivity index (χ1) is 15.9.